The smallest absolute Gasteiger partial charge is 0.339 e. The molecule has 0 aliphatic carbocycles. The number of halogens is 1. The van der Waals surface area contributed by atoms with Crippen LogP contribution < -0.4 is 4.90 Å². The van der Waals surface area contributed by atoms with E-state index in [1.807, 2.05) is 71.6 Å². The van der Waals surface area contributed by atoms with Crippen LogP contribution >= 0.6 is 11.6 Å². The fourth-order valence-electron chi connectivity index (χ4n) is 2.70. The van der Waals surface area contributed by atoms with Crippen LogP contribution in [0.2, 0.25) is 5.02 Å². The molecule has 0 atom stereocenters. The Bertz CT molecular complexity index is 725. The van der Waals surface area contributed by atoms with Gasteiger partial charge in [-0.2, -0.15) is 0 Å². The lowest BCUT2D eigenvalue weighted by molar-refractivity contribution is 0.0696. The van der Waals surface area contributed by atoms with Crippen molar-refractivity contribution in [3.8, 4) is 11.1 Å². The van der Waals surface area contributed by atoms with Crippen LogP contribution in [0.15, 0.2) is 30.5 Å². The van der Waals surface area contributed by atoms with E-state index in [1.165, 1.54) is 0 Å². The summed E-state index contributed by atoms with van der Waals surface area (Å²) in [5, 5.41) is 10.2. The number of aryl methyl sites for hydroxylation is 1. The highest BCUT2D eigenvalue weighted by atomic mass is 35.5. The molecule has 3 rings (SSSR count). The summed E-state index contributed by atoms with van der Waals surface area (Å²) in [6.45, 7) is 16.4. The number of hydrogen-bond donors (Lipinski definition) is 1. The molecule has 5 nitrogen and oxygen atoms in total. The van der Waals surface area contributed by atoms with Crippen molar-refractivity contribution < 1.29 is 14.6 Å². The normalized spacial score (nSPS) is 12.3. The lowest BCUT2D eigenvalue weighted by atomic mass is 10.0. The molecule has 1 aromatic heterocycles. The number of benzene rings is 1. The molecule has 0 amide bonds. The first-order valence-corrected chi connectivity index (χ1v) is 10.8. The van der Waals surface area contributed by atoms with E-state index >= 15 is 0 Å². The van der Waals surface area contributed by atoms with Crippen molar-refractivity contribution >= 4 is 23.4 Å². The highest BCUT2D eigenvalue weighted by molar-refractivity contribution is 6.31. The average Bonchev–Trinajstić information content (AvgIpc) is 2.77. The fraction of sp³-hybridized carbons (Fsp3) is 0.478. The maximum Gasteiger partial charge on any atom is 0.339 e. The minimum absolute atomic E-state index is 0.196. The minimum Gasteiger partial charge on any atom is -0.478 e. The second kappa shape index (κ2) is 14.8. The molecular weight excluding hydrogens is 388 g/mol. The van der Waals surface area contributed by atoms with E-state index in [0.717, 1.165) is 16.7 Å². The van der Waals surface area contributed by atoms with Gasteiger partial charge in [0.1, 0.15) is 11.4 Å². The van der Waals surface area contributed by atoms with Gasteiger partial charge in [0, 0.05) is 29.9 Å². The van der Waals surface area contributed by atoms with Crippen LogP contribution in [0, 0.1) is 6.92 Å². The number of aromatic carboxylic acids is 1. The molecule has 2 heterocycles. The van der Waals surface area contributed by atoms with Crippen LogP contribution in [0.25, 0.3) is 11.1 Å². The van der Waals surface area contributed by atoms with Gasteiger partial charge in [-0.05, 0) is 36.2 Å². The molecule has 162 valence electrons. The SMILES string of the molecule is CC.CC.CC.Cc1cc(Cl)cc(-c2cnc(N3CCOCC3)c(C(=O)O)c2)c1. The van der Waals surface area contributed by atoms with Gasteiger partial charge in [-0.1, -0.05) is 59.2 Å². The Balaban J connectivity index is 0.00000120. The Morgan fingerprint density at radius 2 is 1.59 bits per heavy atom. The molecule has 1 aromatic carbocycles. The van der Waals surface area contributed by atoms with Crippen LogP contribution in [0.4, 0.5) is 5.82 Å². The molecule has 29 heavy (non-hydrogen) atoms. The van der Waals surface area contributed by atoms with Gasteiger partial charge in [0.2, 0.25) is 0 Å². The second-order valence-electron chi connectivity index (χ2n) is 5.52. The summed E-state index contributed by atoms with van der Waals surface area (Å²) in [6, 6.07) is 7.29. The number of hydrogen-bond acceptors (Lipinski definition) is 4. The van der Waals surface area contributed by atoms with E-state index in [9.17, 15) is 9.90 Å². The van der Waals surface area contributed by atoms with Gasteiger partial charge in [-0.15, -0.1) is 0 Å². The van der Waals surface area contributed by atoms with Crippen molar-refractivity contribution in [1.82, 2.24) is 4.98 Å². The average molecular weight is 423 g/mol. The Hall–Kier alpha value is -2.11. The zero-order valence-electron chi connectivity index (χ0n) is 18.8. The first-order chi connectivity index (χ1) is 14.0. The Morgan fingerprint density at radius 1 is 1.00 bits per heavy atom. The van der Waals surface area contributed by atoms with Crippen LogP contribution in [-0.2, 0) is 4.74 Å². The number of morpholine rings is 1. The number of ether oxygens (including phenoxy) is 1. The first-order valence-electron chi connectivity index (χ1n) is 10.4. The molecule has 1 aliphatic rings. The van der Waals surface area contributed by atoms with E-state index in [1.54, 1.807) is 12.3 Å². The molecule has 6 heteroatoms. The molecule has 1 saturated heterocycles. The molecule has 1 fully saturated rings. The van der Waals surface area contributed by atoms with Gasteiger partial charge in [0.15, 0.2) is 0 Å². The standard InChI is InChI=1S/C17H17ClN2O3.3C2H6/c1-11-6-12(8-14(18)7-11)13-9-15(17(21)22)16(19-10-13)20-2-4-23-5-3-20;3*1-2/h6-10H,2-5H2,1H3,(H,21,22);3*1-2H3. The van der Waals surface area contributed by atoms with Gasteiger partial charge < -0.3 is 14.7 Å². The van der Waals surface area contributed by atoms with E-state index in [0.29, 0.717) is 37.1 Å². The lowest BCUT2D eigenvalue weighted by Crippen LogP contribution is -2.37. The highest BCUT2D eigenvalue weighted by Crippen LogP contribution is 2.28. The molecule has 0 spiro atoms. The molecule has 2 aromatic rings. The maximum atomic E-state index is 11.7. The van der Waals surface area contributed by atoms with E-state index in [4.69, 9.17) is 16.3 Å². The summed E-state index contributed by atoms with van der Waals surface area (Å²) in [6.07, 6.45) is 1.70. The Kier molecular flexibility index (Phi) is 13.7. The van der Waals surface area contributed by atoms with Gasteiger partial charge in [-0.3, -0.25) is 0 Å². The lowest BCUT2D eigenvalue weighted by Gasteiger charge is -2.28. The fourth-order valence-corrected chi connectivity index (χ4v) is 2.99. The molecular formula is C23H35ClN2O3. The van der Waals surface area contributed by atoms with Crippen LogP contribution in [0.3, 0.4) is 0 Å². The van der Waals surface area contributed by atoms with Crippen molar-refractivity contribution in [2.75, 3.05) is 31.2 Å². The topological polar surface area (TPSA) is 62.7 Å². The highest BCUT2D eigenvalue weighted by Gasteiger charge is 2.20. The molecule has 0 radical (unpaired) electrons. The molecule has 0 unspecified atom stereocenters. The number of aromatic nitrogens is 1. The van der Waals surface area contributed by atoms with Crippen LogP contribution in [-0.4, -0.2) is 42.4 Å². The summed E-state index contributed by atoms with van der Waals surface area (Å²) >= 11 is 6.10. The van der Waals surface area contributed by atoms with E-state index in [2.05, 4.69) is 4.98 Å². The quantitative estimate of drug-likeness (QED) is 0.626. The monoisotopic (exact) mass is 422 g/mol. The number of carboxylic acid groups (broad SMARTS) is 1. The Morgan fingerprint density at radius 3 is 2.10 bits per heavy atom. The first kappa shape index (κ1) is 26.9. The number of pyridine rings is 1. The summed E-state index contributed by atoms with van der Waals surface area (Å²) in [7, 11) is 0. The number of anilines is 1. The predicted molar refractivity (Wildman–Crippen MR) is 123 cm³/mol. The summed E-state index contributed by atoms with van der Waals surface area (Å²) in [5.41, 5.74) is 2.81. The molecule has 1 N–H and O–H groups in total. The zero-order chi connectivity index (χ0) is 22.4. The summed E-state index contributed by atoms with van der Waals surface area (Å²) in [5.74, 6) is -0.497. The van der Waals surface area contributed by atoms with Crippen molar-refractivity contribution in [1.29, 1.82) is 0 Å². The maximum absolute atomic E-state index is 11.7. The molecule has 1 aliphatic heterocycles. The van der Waals surface area contributed by atoms with Crippen molar-refractivity contribution in [2.45, 2.75) is 48.5 Å². The van der Waals surface area contributed by atoms with Crippen LogP contribution in [0.1, 0.15) is 57.5 Å². The van der Waals surface area contributed by atoms with Crippen molar-refractivity contribution in [3.63, 3.8) is 0 Å². The number of nitrogens with zero attached hydrogens (tertiary/aromatic N) is 2. The molecule has 0 saturated carbocycles. The third-order valence-electron chi connectivity index (χ3n) is 3.78. The van der Waals surface area contributed by atoms with E-state index < -0.39 is 5.97 Å². The molecule has 0 bridgehead atoms. The third-order valence-corrected chi connectivity index (χ3v) is 4.00. The van der Waals surface area contributed by atoms with Gasteiger partial charge in [0.05, 0.1) is 13.2 Å². The summed E-state index contributed by atoms with van der Waals surface area (Å²) in [4.78, 5) is 18.0. The predicted octanol–water partition coefficient (Wildman–Crippen LogP) is 6.32. The Labute approximate surface area is 180 Å². The van der Waals surface area contributed by atoms with Crippen molar-refractivity contribution in [2.24, 2.45) is 0 Å². The second-order valence-corrected chi connectivity index (χ2v) is 5.95. The van der Waals surface area contributed by atoms with Gasteiger partial charge in [-0.25, -0.2) is 9.78 Å². The largest absolute Gasteiger partial charge is 0.478 e. The number of rotatable bonds is 3. The van der Waals surface area contributed by atoms with Crippen molar-refractivity contribution in [3.05, 3.63) is 46.6 Å². The number of carboxylic acids is 1. The minimum atomic E-state index is -0.986. The van der Waals surface area contributed by atoms with E-state index in [-0.39, 0.29) is 5.56 Å². The number of carbonyl (C=O) groups is 1. The zero-order valence-corrected chi connectivity index (χ0v) is 19.5. The third kappa shape index (κ3) is 8.03. The van der Waals surface area contributed by atoms with Gasteiger partial charge in [0.25, 0.3) is 0 Å². The van der Waals surface area contributed by atoms with Crippen LogP contribution in [0.5, 0.6) is 0 Å². The summed E-state index contributed by atoms with van der Waals surface area (Å²) < 4.78 is 5.31. The van der Waals surface area contributed by atoms with Gasteiger partial charge >= 0.3 is 5.97 Å².